The van der Waals surface area contributed by atoms with Crippen molar-refractivity contribution in [3.63, 3.8) is 0 Å². The summed E-state index contributed by atoms with van der Waals surface area (Å²) < 4.78 is 42.8. The van der Waals surface area contributed by atoms with Crippen LogP contribution in [0, 0.1) is 0 Å². The van der Waals surface area contributed by atoms with Crippen molar-refractivity contribution in [2.45, 2.75) is 32.1 Å². The van der Waals surface area contributed by atoms with Crippen LogP contribution in [-0.2, 0) is 6.54 Å². The lowest BCUT2D eigenvalue weighted by molar-refractivity contribution is -0.143. The average Bonchev–Trinajstić information content (AvgIpc) is 3.38. The van der Waals surface area contributed by atoms with E-state index in [1.54, 1.807) is 24.3 Å². The maximum atomic E-state index is 12.6. The van der Waals surface area contributed by atoms with Crippen molar-refractivity contribution in [3.8, 4) is 0 Å². The van der Waals surface area contributed by atoms with Crippen LogP contribution < -0.4 is 16.0 Å². The summed E-state index contributed by atoms with van der Waals surface area (Å²) in [5.41, 5.74) is 1.56. The van der Waals surface area contributed by atoms with E-state index in [0.29, 0.717) is 44.2 Å². The number of anilines is 1. The summed E-state index contributed by atoms with van der Waals surface area (Å²) in [5.74, 6) is 0.470. The number of likely N-dealkylation sites (tertiary alicyclic amines) is 1. The highest BCUT2D eigenvalue weighted by Gasteiger charge is 2.34. The molecule has 1 amide bonds. The molecule has 32 heavy (non-hydrogen) atoms. The fourth-order valence-corrected chi connectivity index (χ4v) is 3.33. The van der Waals surface area contributed by atoms with Crippen molar-refractivity contribution >= 4 is 41.5 Å². The molecule has 1 saturated heterocycles. The lowest BCUT2D eigenvalue weighted by atomic mass is 10.2. The fraction of sp³-hybridized carbons (Fsp3) is 0.429. The number of furan rings is 1. The molecule has 1 aliphatic heterocycles. The van der Waals surface area contributed by atoms with Crippen molar-refractivity contribution in [1.29, 1.82) is 0 Å². The van der Waals surface area contributed by atoms with E-state index in [0.717, 1.165) is 5.56 Å². The molecule has 1 aromatic carbocycles. The monoisotopic (exact) mass is 565 g/mol. The second kappa shape index (κ2) is 12.1. The van der Waals surface area contributed by atoms with Gasteiger partial charge in [-0.1, -0.05) is 12.1 Å². The first-order valence-electron chi connectivity index (χ1n) is 10.1. The molecule has 1 unspecified atom stereocenters. The summed E-state index contributed by atoms with van der Waals surface area (Å²) in [6, 6.07) is 10.4. The minimum atomic E-state index is -4.18. The van der Waals surface area contributed by atoms with Crippen LogP contribution in [0.25, 0.3) is 0 Å². The van der Waals surface area contributed by atoms with Gasteiger partial charge in [-0.3, -0.25) is 9.69 Å². The molecule has 0 saturated carbocycles. The largest absolute Gasteiger partial charge is 0.459 e. The molecule has 1 aliphatic rings. The highest BCUT2D eigenvalue weighted by Crippen LogP contribution is 2.20. The number of alkyl halides is 3. The van der Waals surface area contributed by atoms with E-state index in [4.69, 9.17) is 4.42 Å². The number of benzene rings is 1. The van der Waals surface area contributed by atoms with E-state index >= 15 is 0 Å². The van der Waals surface area contributed by atoms with E-state index in [1.807, 2.05) is 19.1 Å². The van der Waals surface area contributed by atoms with Gasteiger partial charge in [0.2, 0.25) is 0 Å². The molecule has 11 heteroatoms. The number of amides is 1. The Morgan fingerprint density at radius 2 is 2.00 bits per heavy atom. The molecule has 176 valence electrons. The zero-order chi connectivity index (χ0) is 22.3. The second-order valence-electron chi connectivity index (χ2n) is 7.30. The summed E-state index contributed by atoms with van der Waals surface area (Å²) in [5, 5.41) is 9.09. The lowest BCUT2D eigenvalue weighted by Gasteiger charge is -2.19. The van der Waals surface area contributed by atoms with E-state index < -0.39 is 12.7 Å². The van der Waals surface area contributed by atoms with Crippen LogP contribution in [-0.4, -0.2) is 55.2 Å². The Bertz CT molecular complexity index is 873. The van der Waals surface area contributed by atoms with Gasteiger partial charge in [0.15, 0.2) is 11.7 Å². The highest BCUT2D eigenvalue weighted by molar-refractivity contribution is 14.0. The number of nitrogens with zero attached hydrogens (tertiary/aromatic N) is 2. The van der Waals surface area contributed by atoms with Crippen LogP contribution in [0.4, 0.5) is 18.9 Å². The molecule has 2 aromatic rings. The lowest BCUT2D eigenvalue weighted by Crippen LogP contribution is -2.45. The molecule has 0 radical (unpaired) electrons. The SMILES string of the molecule is CCNC(=NCc1ccc(NC(=O)c2ccco2)cc1)NC1CCN(CC(F)(F)F)C1.I. The first-order chi connectivity index (χ1) is 14.8. The maximum absolute atomic E-state index is 12.6. The third-order valence-electron chi connectivity index (χ3n) is 4.74. The number of hydrogen-bond donors (Lipinski definition) is 3. The molecule has 0 bridgehead atoms. The van der Waals surface area contributed by atoms with Gasteiger partial charge in [0, 0.05) is 31.4 Å². The number of hydrogen-bond acceptors (Lipinski definition) is 4. The third-order valence-corrected chi connectivity index (χ3v) is 4.74. The highest BCUT2D eigenvalue weighted by atomic mass is 127. The van der Waals surface area contributed by atoms with Gasteiger partial charge < -0.3 is 20.4 Å². The number of guanidine groups is 1. The molecule has 3 rings (SSSR count). The number of rotatable bonds is 7. The van der Waals surface area contributed by atoms with Crippen LogP contribution in [0.15, 0.2) is 52.1 Å². The standard InChI is InChI=1S/C21H26F3N5O2.HI/c1-2-25-20(28-17-9-10-29(13-17)14-21(22,23)24)26-12-15-5-7-16(8-6-15)27-19(30)18-4-3-11-31-18;/h3-8,11,17H,2,9-10,12-14H2,1H3,(H,27,30)(H2,25,26,28);1H. The van der Waals surface area contributed by atoms with Crippen molar-refractivity contribution < 1.29 is 22.4 Å². The summed E-state index contributed by atoms with van der Waals surface area (Å²) >= 11 is 0. The smallest absolute Gasteiger partial charge is 0.401 e. The molecular formula is C21H27F3IN5O2. The van der Waals surface area contributed by atoms with Crippen LogP contribution in [0.1, 0.15) is 29.5 Å². The Kier molecular flexibility index (Phi) is 9.82. The normalized spacial score (nSPS) is 17.0. The predicted octanol–water partition coefficient (Wildman–Crippen LogP) is 3.84. The number of halogens is 4. The zero-order valence-electron chi connectivity index (χ0n) is 17.6. The average molecular weight is 565 g/mol. The fourth-order valence-electron chi connectivity index (χ4n) is 3.33. The van der Waals surface area contributed by atoms with Crippen molar-refractivity contribution in [2.75, 3.05) is 31.5 Å². The first-order valence-corrected chi connectivity index (χ1v) is 10.1. The summed E-state index contributed by atoms with van der Waals surface area (Å²) in [6.45, 7) is 2.80. The first kappa shape index (κ1) is 26.0. The van der Waals surface area contributed by atoms with Gasteiger partial charge in [-0.25, -0.2) is 4.99 Å². The molecule has 1 aromatic heterocycles. The Balaban J connectivity index is 0.00000363. The molecule has 0 spiro atoms. The van der Waals surface area contributed by atoms with Crippen LogP contribution in [0.5, 0.6) is 0 Å². The van der Waals surface area contributed by atoms with Crippen LogP contribution >= 0.6 is 24.0 Å². The molecule has 1 fully saturated rings. The summed E-state index contributed by atoms with van der Waals surface area (Å²) in [6.07, 6.45) is -2.12. The summed E-state index contributed by atoms with van der Waals surface area (Å²) in [7, 11) is 0. The Morgan fingerprint density at radius 1 is 1.25 bits per heavy atom. The number of aliphatic imine (C=N–C) groups is 1. The second-order valence-corrected chi connectivity index (χ2v) is 7.30. The molecule has 2 heterocycles. The van der Waals surface area contributed by atoms with Gasteiger partial charge >= 0.3 is 6.18 Å². The van der Waals surface area contributed by atoms with E-state index in [9.17, 15) is 18.0 Å². The third kappa shape index (κ3) is 8.34. The van der Waals surface area contributed by atoms with Gasteiger partial charge in [-0.05, 0) is 43.2 Å². The maximum Gasteiger partial charge on any atom is 0.401 e. The molecule has 0 aliphatic carbocycles. The molecule has 7 nitrogen and oxygen atoms in total. The van der Waals surface area contributed by atoms with E-state index in [1.165, 1.54) is 11.2 Å². The predicted molar refractivity (Wildman–Crippen MR) is 127 cm³/mol. The Morgan fingerprint density at radius 3 is 2.62 bits per heavy atom. The molecule has 3 N–H and O–H groups in total. The van der Waals surface area contributed by atoms with Gasteiger partial charge in [0.1, 0.15) is 0 Å². The van der Waals surface area contributed by atoms with Crippen molar-refractivity contribution in [2.24, 2.45) is 4.99 Å². The Hall–Kier alpha value is -2.28. The number of carbonyl (C=O) groups is 1. The quantitative estimate of drug-likeness (QED) is 0.270. The molecular weight excluding hydrogens is 538 g/mol. The molecule has 1 atom stereocenters. The van der Waals surface area contributed by atoms with Gasteiger partial charge in [-0.2, -0.15) is 13.2 Å². The van der Waals surface area contributed by atoms with Gasteiger partial charge in [-0.15, -0.1) is 24.0 Å². The minimum absolute atomic E-state index is 0. The number of nitrogens with one attached hydrogen (secondary N) is 3. The Labute approximate surface area is 201 Å². The van der Waals surface area contributed by atoms with Crippen molar-refractivity contribution in [1.82, 2.24) is 15.5 Å². The van der Waals surface area contributed by atoms with Crippen LogP contribution in [0.2, 0.25) is 0 Å². The van der Waals surface area contributed by atoms with Gasteiger partial charge in [0.25, 0.3) is 5.91 Å². The number of carbonyl (C=O) groups excluding carboxylic acids is 1. The van der Waals surface area contributed by atoms with E-state index in [-0.39, 0.29) is 41.7 Å². The topological polar surface area (TPSA) is 81.9 Å². The summed E-state index contributed by atoms with van der Waals surface area (Å²) in [4.78, 5) is 17.9. The van der Waals surface area contributed by atoms with Crippen molar-refractivity contribution in [3.05, 3.63) is 54.0 Å². The van der Waals surface area contributed by atoms with Crippen LogP contribution in [0.3, 0.4) is 0 Å². The van der Waals surface area contributed by atoms with E-state index in [2.05, 4.69) is 20.9 Å². The zero-order valence-corrected chi connectivity index (χ0v) is 19.9. The van der Waals surface area contributed by atoms with Gasteiger partial charge in [0.05, 0.1) is 19.4 Å². The minimum Gasteiger partial charge on any atom is -0.459 e.